The molecular weight excluding hydrogens is 482 g/mol. The Balaban J connectivity index is 1.43. The van der Waals surface area contributed by atoms with Gasteiger partial charge in [-0.2, -0.15) is 8.42 Å². The third-order valence-electron chi connectivity index (χ3n) is 5.80. The number of nitrogens with two attached hydrogens (primary N) is 1. The van der Waals surface area contributed by atoms with Gasteiger partial charge in [0.25, 0.3) is 0 Å². The molecule has 0 bridgehead atoms. The molecule has 1 aliphatic carbocycles. The zero-order valence-corrected chi connectivity index (χ0v) is 19.7. The first-order valence-electron chi connectivity index (χ1n) is 10.8. The number of fused-ring (bicyclic) bond motifs is 2. The quantitative estimate of drug-likeness (QED) is 0.203. The summed E-state index contributed by atoms with van der Waals surface area (Å²) in [4.78, 5) is 26.0. The van der Waals surface area contributed by atoms with Crippen molar-refractivity contribution in [2.45, 2.75) is 11.8 Å². The van der Waals surface area contributed by atoms with Crippen molar-refractivity contribution in [1.82, 2.24) is 0 Å². The number of aromatic hydroxyl groups is 1. The largest absolute Gasteiger partial charge is 0.507 e. The summed E-state index contributed by atoms with van der Waals surface area (Å²) in [6.45, 7) is 1.67. The Bertz CT molecular complexity index is 1660. The SMILES string of the molecule is Cc1ccccc1S(=O)(=O)Oc1ccc(Oc2cc(O)c3c(c2N)C(=O)c2ccccc2C3=O)cc1. The summed E-state index contributed by atoms with van der Waals surface area (Å²) in [5.74, 6) is -1.18. The summed E-state index contributed by atoms with van der Waals surface area (Å²) in [6, 6.07) is 19.6. The van der Waals surface area contributed by atoms with Crippen molar-refractivity contribution in [2.24, 2.45) is 0 Å². The first-order chi connectivity index (χ1) is 17.2. The van der Waals surface area contributed by atoms with Gasteiger partial charge in [-0.3, -0.25) is 9.59 Å². The molecule has 0 unspecified atom stereocenters. The third kappa shape index (κ3) is 3.85. The van der Waals surface area contributed by atoms with Crippen LogP contribution in [0.1, 0.15) is 37.4 Å². The number of phenols is 1. The van der Waals surface area contributed by atoms with E-state index in [0.29, 0.717) is 5.56 Å². The molecule has 0 radical (unpaired) electrons. The number of carbonyl (C=O) groups is 2. The fourth-order valence-electron chi connectivity index (χ4n) is 4.06. The molecule has 0 saturated carbocycles. The van der Waals surface area contributed by atoms with Crippen LogP contribution < -0.4 is 14.7 Å². The van der Waals surface area contributed by atoms with Crippen LogP contribution in [0.25, 0.3) is 0 Å². The molecule has 180 valence electrons. The summed E-state index contributed by atoms with van der Waals surface area (Å²) in [5, 5.41) is 10.6. The topological polar surface area (TPSA) is 133 Å². The Hall–Kier alpha value is -4.63. The second-order valence-electron chi connectivity index (χ2n) is 8.14. The number of anilines is 1. The van der Waals surface area contributed by atoms with Crippen molar-refractivity contribution in [3.05, 3.63) is 107 Å². The fourth-order valence-corrected chi connectivity index (χ4v) is 5.22. The van der Waals surface area contributed by atoms with Crippen LogP contribution in [-0.4, -0.2) is 25.1 Å². The number of benzene rings is 4. The molecule has 4 aromatic rings. The summed E-state index contributed by atoms with van der Waals surface area (Å²) in [5.41, 5.74) is 6.74. The predicted molar refractivity (Wildman–Crippen MR) is 131 cm³/mol. The fraction of sp³-hybridized carbons (Fsp3) is 0.0370. The molecule has 4 aromatic carbocycles. The molecule has 0 amide bonds. The lowest BCUT2D eigenvalue weighted by molar-refractivity contribution is 0.0977. The molecule has 0 spiro atoms. The van der Waals surface area contributed by atoms with Crippen molar-refractivity contribution in [1.29, 1.82) is 0 Å². The molecule has 36 heavy (non-hydrogen) atoms. The second kappa shape index (κ2) is 8.54. The van der Waals surface area contributed by atoms with E-state index in [-0.39, 0.29) is 50.1 Å². The number of hydrogen-bond donors (Lipinski definition) is 2. The minimum absolute atomic E-state index is 0.0343. The number of nitrogen functional groups attached to an aromatic ring is 1. The second-order valence-corrected chi connectivity index (χ2v) is 9.65. The van der Waals surface area contributed by atoms with Gasteiger partial charge >= 0.3 is 10.1 Å². The lowest BCUT2D eigenvalue weighted by Crippen LogP contribution is -2.22. The number of hydrogen-bond acceptors (Lipinski definition) is 8. The average molecular weight is 502 g/mol. The van der Waals surface area contributed by atoms with E-state index in [9.17, 15) is 23.1 Å². The molecule has 3 N–H and O–H groups in total. The predicted octanol–water partition coefficient (Wildman–Crippen LogP) is 4.62. The van der Waals surface area contributed by atoms with Crippen LogP contribution in [0, 0.1) is 6.92 Å². The third-order valence-corrected chi connectivity index (χ3v) is 7.21. The van der Waals surface area contributed by atoms with E-state index in [1.165, 1.54) is 48.5 Å². The van der Waals surface area contributed by atoms with Gasteiger partial charge < -0.3 is 19.8 Å². The van der Waals surface area contributed by atoms with Crippen LogP contribution in [0.3, 0.4) is 0 Å². The van der Waals surface area contributed by atoms with E-state index in [2.05, 4.69) is 0 Å². The highest BCUT2D eigenvalue weighted by Gasteiger charge is 2.35. The molecule has 0 aromatic heterocycles. The monoisotopic (exact) mass is 501 g/mol. The van der Waals surface area contributed by atoms with Crippen LogP contribution in [0.4, 0.5) is 5.69 Å². The Labute approximate surface area is 206 Å². The van der Waals surface area contributed by atoms with Crippen molar-refractivity contribution in [3.8, 4) is 23.0 Å². The average Bonchev–Trinajstić information content (AvgIpc) is 2.85. The molecule has 9 heteroatoms. The van der Waals surface area contributed by atoms with Gasteiger partial charge in [-0.05, 0) is 42.8 Å². The van der Waals surface area contributed by atoms with E-state index in [1.54, 1.807) is 37.3 Å². The molecule has 0 heterocycles. The highest BCUT2D eigenvalue weighted by molar-refractivity contribution is 7.87. The Kier molecular flexibility index (Phi) is 5.49. The highest BCUT2D eigenvalue weighted by atomic mass is 32.2. The van der Waals surface area contributed by atoms with E-state index >= 15 is 0 Å². The number of ether oxygens (including phenoxy) is 1. The maximum absolute atomic E-state index is 13.1. The van der Waals surface area contributed by atoms with Crippen LogP contribution in [0.2, 0.25) is 0 Å². The van der Waals surface area contributed by atoms with Gasteiger partial charge in [0, 0.05) is 17.2 Å². The van der Waals surface area contributed by atoms with Crippen molar-refractivity contribution < 1.29 is 32.0 Å². The van der Waals surface area contributed by atoms with Gasteiger partial charge in [0.1, 0.15) is 22.1 Å². The Morgan fingerprint density at radius 1 is 0.778 bits per heavy atom. The van der Waals surface area contributed by atoms with Crippen LogP contribution >= 0.6 is 0 Å². The van der Waals surface area contributed by atoms with Crippen molar-refractivity contribution in [3.63, 3.8) is 0 Å². The van der Waals surface area contributed by atoms with Gasteiger partial charge in [-0.15, -0.1) is 0 Å². The Morgan fingerprint density at radius 2 is 1.33 bits per heavy atom. The minimum Gasteiger partial charge on any atom is -0.507 e. The van der Waals surface area contributed by atoms with E-state index in [0.717, 1.165) is 0 Å². The van der Waals surface area contributed by atoms with Gasteiger partial charge in [-0.1, -0.05) is 42.5 Å². The number of ketones is 2. The number of carbonyl (C=O) groups excluding carboxylic acids is 2. The van der Waals surface area contributed by atoms with E-state index in [4.69, 9.17) is 14.7 Å². The zero-order valence-electron chi connectivity index (χ0n) is 18.9. The number of aryl methyl sites for hydroxylation is 1. The summed E-state index contributed by atoms with van der Waals surface area (Å²) in [6.07, 6.45) is 0. The van der Waals surface area contributed by atoms with Gasteiger partial charge in [0.2, 0.25) is 0 Å². The summed E-state index contributed by atoms with van der Waals surface area (Å²) in [7, 11) is -4.04. The molecule has 0 fully saturated rings. The maximum Gasteiger partial charge on any atom is 0.339 e. The molecule has 0 aliphatic heterocycles. The normalized spacial score (nSPS) is 12.6. The van der Waals surface area contributed by atoms with Crippen molar-refractivity contribution >= 4 is 27.4 Å². The van der Waals surface area contributed by atoms with E-state index < -0.39 is 27.4 Å². The molecule has 0 atom stereocenters. The zero-order chi connectivity index (χ0) is 25.6. The molecular formula is C27H19NO7S. The van der Waals surface area contributed by atoms with Crippen LogP contribution in [-0.2, 0) is 10.1 Å². The van der Waals surface area contributed by atoms with Crippen LogP contribution in [0.15, 0.2) is 83.8 Å². The van der Waals surface area contributed by atoms with E-state index in [1.807, 2.05) is 0 Å². The van der Waals surface area contributed by atoms with Gasteiger partial charge in [0.05, 0.1) is 16.8 Å². The number of rotatable bonds is 5. The van der Waals surface area contributed by atoms with Gasteiger partial charge in [0.15, 0.2) is 17.3 Å². The van der Waals surface area contributed by atoms with Crippen molar-refractivity contribution in [2.75, 3.05) is 5.73 Å². The Morgan fingerprint density at radius 3 is 1.97 bits per heavy atom. The molecule has 5 rings (SSSR count). The van der Waals surface area contributed by atoms with Crippen LogP contribution in [0.5, 0.6) is 23.0 Å². The molecule has 8 nitrogen and oxygen atoms in total. The molecule has 0 saturated heterocycles. The first kappa shape index (κ1) is 23.1. The maximum atomic E-state index is 13.1. The lowest BCUT2D eigenvalue weighted by Gasteiger charge is -2.21. The number of phenolic OH excluding ortho intramolecular Hbond substituents is 1. The first-order valence-corrected chi connectivity index (χ1v) is 12.2. The minimum atomic E-state index is -4.04. The smallest absolute Gasteiger partial charge is 0.339 e. The summed E-state index contributed by atoms with van der Waals surface area (Å²) >= 11 is 0. The van der Waals surface area contributed by atoms with Gasteiger partial charge in [-0.25, -0.2) is 0 Å². The lowest BCUT2D eigenvalue weighted by atomic mass is 9.82. The molecule has 1 aliphatic rings. The highest BCUT2D eigenvalue weighted by Crippen LogP contribution is 2.42. The standard InChI is InChI=1S/C27H19NO7S/c1-15-6-2-5-9-22(15)36(32,33)35-17-12-10-16(11-13-17)34-21-14-20(29)23-24(25(21)28)27(31)19-8-4-3-7-18(19)26(23)30/h2-14,29H,28H2,1H3. The summed E-state index contributed by atoms with van der Waals surface area (Å²) < 4.78 is 36.2.